The van der Waals surface area contributed by atoms with Gasteiger partial charge in [0.1, 0.15) is 0 Å². The summed E-state index contributed by atoms with van der Waals surface area (Å²) in [6.45, 7) is 0.610. The number of carbonyl (C=O) groups excluding carboxylic acids is 2. The van der Waals surface area contributed by atoms with Gasteiger partial charge in [-0.3, -0.25) is 10.1 Å². The van der Waals surface area contributed by atoms with Crippen LogP contribution in [0.5, 0.6) is 0 Å². The van der Waals surface area contributed by atoms with Crippen LogP contribution in [0.25, 0.3) is 0 Å². The van der Waals surface area contributed by atoms with Crippen molar-refractivity contribution in [3.8, 4) is 0 Å². The van der Waals surface area contributed by atoms with Gasteiger partial charge in [-0.05, 0) is 36.8 Å². The van der Waals surface area contributed by atoms with Crippen LogP contribution in [-0.4, -0.2) is 29.5 Å². The molecule has 0 aliphatic heterocycles. The van der Waals surface area contributed by atoms with Crippen LogP contribution < -0.4 is 16.0 Å². The molecule has 0 bridgehead atoms. The number of carbonyl (C=O) groups is 2. The highest BCUT2D eigenvalue weighted by molar-refractivity contribution is 7.13. The SMILES string of the molecule is O=C(CCc1csc(NC(=O)NC2CCCCC2)n1)NCCC(c1ccccc1)c1ccccc1. The van der Waals surface area contributed by atoms with Gasteiger partial charge in [0.25, 0.3) is 0 Å². The molecule has 3 aromatic rings. The number of rotatable bonds is 10. The minimum atomic E-state index is -0.193. The molecule has 35 heavy (non-hydrogen) atoms. The quantitative estimate of drug-likeness (QED) is 0.332. The third-order valence-corrected chi connectivity index (χ3v) is 7.29. The molecule has 184 valence electrons. The van der Waals surface area contributed by atoms with Gasteiger partial charge in [0.05, 0.1) is 5.69 Å². The molecule has 7 heteroatoms. The predicted molar refractivity (Wildman–Crippen MR) is 142 cm³/mol. The lowest BCUT2D eigenvalue weighted by Gasteiger charge is -2.22. The summed E-state index contributed by atoms with van der Waals surface area (Å²) >= 11 is 1.39. The van der Waals surface area contributed by atoms with E-state index in [9.17, 15) is 9.59 Å². The number of urea groups is 1. The van der Waals surface area contributed by atoms with E-state index in [0.29, 0.717) is 24.5 Å². The van der Waals surface area contributed by atoms with Crippen molar-refractivity contribution in [2.45, 2.75) is 63.3 Å². The van der Waals surface area contributed by atoms with Crippen molar-refractivity contribution in [1.29, 1.82) is 0 Å². The van der Waals surface area contributed by atoms with Crippen LogP contribution in [0, 0.1) is 0 Å². The second-order valence-corrected chi connectivity index (χ2v) is 9.95. The summed E-state index contributed by atoms with van der Waals surface area (Å²) in [5.74, 6) is 0.257. The average Bonchev–Trinajstić information content (AvgIpc) is 3.34. The number of amides is 3. The Hall–Kier alpha value is -3.19. The molecule has 1 heterocycles. The van der Waals surface area contributed by atoms with E-state index in [2.05, 4.69) is 69.5 Å². The zero-order chi connectivity index (χ0) is 24.3. The van der Waals surface area contributed by atoms with Crippen LogP contribution in [0.15, 0.2) is 66.0 Å². The summed E-state index contributed by atoms with van der Waals surface area (Å²) in [4.78, 5) is 29.1. The first-order chi connectivity index (χ1) is 17.2. The summed E-state index contributed by atoms with van der Waals surface area (Å²) in [5, 5.41) is 11.4. The van der Waals surface area contributed by atoms with Crippen molar-refractivity contribution in [1.82, 2.24) is 15.6 Å². The van der Waals surface area contributed by atoms with Crippen molar-refractivity contribution in [2.75, 3.05) is 11.9 Å². The number of hydrogen-bond donors (Lipinski definition) is 3. The van der Waals surface area contributed by atoms with Crippen molar-refractivity contribution in [3.63, 3.8) is 0 Å². The lowest BCUT2D eigenvalue weighted by atomic mass is 9.88. The Morgan fingerprint density at radius 1 is 0.943 bits per heavy atom. The number of nitrogens with zero attached hydrogens (tertiary/aromatic N) is 1. The molecule has 1 aliphatic rings. The average molecular weight is 491 g/mol. The lowest BCUT2D eigenvalue weighted by molar-refractivity contribution is -0.121. The van der Waals surface area contributed by atoms with E-state index in [1.54, 1.807) is 0 Å². The first-order valence-electron chi connectivity index (χ1n) is 12.6. The first kappa shape index (κ1) is 24.9. The maximum Gasteiger partial charge on any atom is 0.321 e. The third kappa shape index (κ3) is 7.92. The standard InChI is InChI=1S/C28H34N4O2S/c33-26(29-19-18-25(21-10-4-1-5-11-21)22-12-6-2-7-13-22)17-16-24-20-35-28(31-24)32-27(34)30-23-14-8-3-9-15-23/h1-2,4-7,10-13,20,23,25H,3,8-9,14-19H2,(H,29,33)(H2,30,31,32,34). The van der Waals surface area contributed by atoms with Crippen LogP contribution in [0.2, 0.25) is 0 Å². The normalized spacial score (nSPS) is 14.0. The molecule has 2 aromatic carbocycles. The fourth-order valence-corrected chi connectivity index (χ4v) is 5.37. The van der Waals surface area contributed by atoms with E-state index in [-0.39, 0.29) is 23.9 Å². The first-order valence-corrected chi connectivity index (χ1v) is 13.4. The van der Waals surface area contributed by atoms with E-state index in [4.69, 9.17) is 0 Å². The molecule has 1 aromatic heterocycles. The highest BCUT2D eigenvalue weighted by Crippen LogP contribution is 2.27. The molecule has 0 spiro atoms. The molecule has 0 unspecified atom stereocenters. The van der Waals surface area contributed by atoms with Gasteiger partial charge in [0.15, 0.2) is 5.13 Å². The lowest BCUT2D eigenvalue weighted by Crippen LogP contribution is -2.39. The number of thiazole rings is 1. The molecule has 1 fully saturated rings. The second kappa shape index (κ2) is 13.0. The Balaban J connectivity index is 1.20. The van der Waals surface area contributed by atoms with Gasteiger partial charge in [-0.15, -0.1) is 11.3 Å². The summed E-state index contributed by atoms with van der Waals surface area (Å²) < 4.78 is 0. The highest BCUT2D eigenvalue weighted by Gasteiger charge is 2.17. The van der Waals surface area contributed by atoms with E-state index in [1.165, 1.54) is 41.7 Å². The van der Waals surface area contributed by atoms with Crippen molar-refractivity contribution >= 4 is 28.4 Å². The Morgan fingerprint density at radius 2 is 1.60 bits per heavy atom. The zero-order valence-corrected chi connectivity index (χ0v) is 20.9. The maximum atomic E-state index is 12.5. The van der Waals surface area contributed by atoms with Gasteiger partial charge in [0.2, 0.25) is 5.91 Å². The number of aromatic nitrogens is 1. The molecule has 3 amide bonds. The Labute approximate surface area is 211 Å². The molecule has 0 saturated heterocycles. The molecule has 1 saturated carbocycles. The fourth-order valence-electron chi connectivity index (χ4n) is 4.63. The van der Waals surface area contributed by atoms with Crippen LogP contribution in [0.4, 0.5) is 9.93 Å². The second-order valence-electron chi connectivity index (χ2n) is 9.09. The topological polar surface area (TPSA) is 83.1 Å². The Kier molecular flexibility index (Phi) is 9.29. The van der Waals surface area contributed by atoms with E-state index >= 15 is 0 Å². The van der Waals surface area contributed by atoms with Crippen molar-refractivity contribution < 1.29 is 9.59 Å². The van der Waals surface area contributed by atoms with Crippen LogP contribution in [0.3, 0.4) is 0 Å². The van der Waals surface area contributed by atoms with Gasteiger partial charge in [-0.25, -0.2) is 9.78 Å². The smallest absolute Gasteiger partial charge is 0.321 e. The molecule has 4 rings (SSSR count). The minimum Gasteiger partial charge on any atom is -0.356 e. The van der Waals surface area contributed by atoms with Gasteiger partial charge < -0.3 is 10.6 Å². The number of aryl methyl sites for hydroxylation is 1. The summed E-state index contributed by atoms with van der Waals surface area (Å²) in [7, 11) is 0. The molecule has 0 radical (unpaired) electrons. The van der Waals surface area contributed by atoms with E-state index in [1.807, 2.05) is 17.5 Å². The van der Waals surface area contributed by atoms with E-state index in [0.717, 1.165) is 25.0 Å². The Bertz CT molecular complexity index is 1030. The molecular weight excluding hydrogens is 456 g/mol. The fraction of sp³-hybridized carbons (Fsp3) is 0.393. The monoisotopic (exact) mass is 490 g/mol. The summed E-state index contributed by atoms with van der Waals surface area (Å²) in [6.07, 6.45) is 7.45. The van der Waals surface area contributed by atoms with Crippen molar-refractivity contribution in [2.24, 2.45) is 0 Å². The van der Waals surface area contributed by atoms with Gasteiger partial charge in [0, 0.05) is 30.3 Å². The number of benzene rings is 2. The van der Waals surface area contributed by atoms with Gasteiger partial charge in [-0.1, -0.05) is 79.9 Å². The van der Waals surface area contributed by atoms with E-state index < -0.39 is 0 Å². The van der Waals surface area contributed by atoms with Crippen LogP contribution in [0.1, 0.15) is 67.7 Å². The highest BCUT2D eigenvalue weighted by atomic mass is 32.1. The molecular formula is C28H34N4O2S. The zero-order valence-electron chi connectivity index (χ0n) is 20.0. The maximum absolute atomic E-state index is 12.5. The summed E-state index contributed by atoms with van der Waals surface area (Å²) in [6, 6.07) is 20.9. The van der Waals surface area contributed by atoms with Crippen LogP contribution >= 0.6 is 11.3 Å². The summed E-state index contributed by atoms with van der Waals surface area (Å²) in [5.41, 5.74) is 3.33. The number of anilines is 1. The minimum absolute atomic E-state index is 0.0161. The van der Waals surface area contributed by atoms with Crippen LogP contribution in [-0.2, 0) is 11.2 Å². The Morgan fingerprint density at radius 3 is 2.26 bits per heavy atom. The molecule has 3 N–H and O–H groups in total. The number of hydrogen-bond acceptors (Lipinski definition) is 4. The van der Waals surface area contributed by atoms with Crippen molar-refractivity contribution in [3.05, 3.63) is 82.9 Å². The predicted octanol–water partition coefficient (Wildman–Crippen LogP) is 5.87. The molecule has 1 aliphatic carbocycles. The van der Waals surface area contributed by atoms with Gasteiger partial charge in [-0.2, -0.15) is 0 Å². The number of nitrogens with one attached hydrogen (secondary N) is 3. The molecule has 6 nitrogen and oxygen atoms in total. The largest absolute Gasteiger partial charge is 0.356 e. The van der Waals surface area contributed by atoms with Gasteiger partial charge >= 0.3 is 6.03 Å². The molecule has 0 atom stereocenters. The third-order valence-electron chi connectivity index (χ3n) is 6.48.